The molecule has 3 aromatic carbocycles. The molecule has 3 rings (SSSR count). The predicted octanol–water partition coefficient (Wildman–Crippen LogP) is 3.03. The van der Waals surface area contributed by atoms with Gasteiger partial charge in [-0.25, -0.2) is 0 Å². The molecule has 0 unspecified atom stereocenters. The van der Waals surface area contributed by atoms with Crippen molar-refractivity contribution in [2.45, 2.75) is 18.9 Å². The summed E-state index contributed by atoms with van der Waals surface area (Å²) in [7, 11) is 0. The maximum atomic E-state index is 12.8. The van der Waals surface area contributed by atoms with Crippen LogP contribution in [-0.4, -0.2) is 23.8 Å². The highest BCUT2D eigenvalue weighted by Crippen LogP contribution is 2.28. The minimum Gasteiger partial charge on any atom is -0.427 e. The van der Waals surface area contributed by atoms with Crippen molar-refractivity contribution in [1.82, 2.24) is 5.32 Å². The van der Waals surface area contributed by atoms with Crippen LogP contribution >= 0.6 is 0 Å². The Morgan fingerprint density at radius 2 is 1.30 bits per heavy atom. The van der Waals surface area contributed by atoms with Crippen molar-refractivity contribution in [3.8, 4) is 5.75 Å². The van der Waals surface area contributed by atoms with E-state index in [-0.39, 0.29) is 0 Å². The lowest BCUT2D eigenvalue weighted by Gasteiger charge is -2.27. The molecule has 0 aliphatic heterocycles. The van der Waals surface area contributed by atoms with Gasteiger partial charge >= 0.3 is 5.97 Å². The Morgan fingerprint density at radius 1 is 0.800 bits per heavy atom. The van der Waals surface area contributed by atoms with Gasteiger partial charge in [0.05, 0.1) is 0 Å². The zero-order valence-electron chi connectivity index (χ0n) is 16.4. The summed E-state index contributed by atoms with van der Waals surface area (Å²) < 4.78 is 4.98. The van der Waals surface area contributed by atoms with E-state index in [1.807, 2.05) is 60.7 Å². The molecule has 0 radical (unpaired) electrons. The van der Waals surface area contributed by atoms with Crippen molar-refractivity contribution in [3.63, 3.8) is 0 Å². The largest absolute Gasteiger partial charge is 0.427 e. The maximum absolute atomic E-state index is 12.8. The van der Waals surface area contributed by atoms with Crippen molar-refractivity contribution in [3.05, 3.63) is 102 Å². The lowest BCUT2D eigenvalue weighted by atomic mass is 9.84. The minimum atomic E-state index is -0.963. The van der Waals surface area contributed by atoms with Gasteiger partial charge in [-0.3, -0.25) is 14.4 Å². The Bertz CT molecular complexity index is 979. The van der Waals surface area contributed by atoms with E-state index in [1.165, 1.54) is 31.2 Å². The van der Waals surface area contributed by atoms with E-state index in [0.29, 0.717) is 11.3 Å². The minimum absolute atomic E-state index is 0.317. The molecule has 0 saturated heterocycles. The molecule has 6 heteroatoms. The highest BCUT2D eigenvalue weighted by molar-refractivity contribution is 5.98. The molecule has 0 fully saturated rings. The molecule has 0 heterocycles. The molecule has 0 aliphatic carbocycles. The molecule has 0 aromatic heterocycles. The van der Waals surface area contributed by atoms with E-state index in [0.717, 1.165) is 11.1 Å². The third-order valence-electron chi connectivity index (χ3n) is 4.62. The second-order valence-electron chi connectivity index (χ2n) is 6.77. The third-order valence-corrected chi connectivity index (χ3v) is 4.62. The van der Waals surface area contributed by atoms with Crippen LogP contribution in [0.5, 0.6) is 5.75 Å². The van der Waals surface area contributed by atoms with Gasteiger partial charge in [0.25, 0.3) is 5.91 Å². The SMILES string of the molecule is CC(=O)Oc1ccc(C(=O)N[C@@H](C(N)=O)C(c2ccccc2)c2ccccc2)cc1. The molecule has 30 heavy (non-hydrogen) atoms. The van der Waals surface area contributed by atoms with E-state index in [2.05, 4.69) is 5.32 Å². The molecule has 0 spiro atoms. The molecular formula is C24H22N2O4. The van der Waals surface area contributed by atoms with Crippen molar-refractivity contribution in [2.24, 2.45) is 5.73 Å². The van der Waals surface area contributed by atoms with Crippen molar-refractivity contribution >= 4 is 17.8 Å². The van der Waals surface area contributed by atoms with Gasteiger partial charge in [0, 0.05) is 18.4 Å². The van der Waals surface area contributed by atoms with Gasteiger partial charge in [0.1, 0.15) is 11.8 Å². The van der Waals surface area contributed by atoms with Gasteiger partial charge in [-0.15, -0.1) is 0 Å². The molecule has 0 bridgehead atoms. The Labute approximate surface area is 174 Å². The molecule has 1 atom stereocenters. The second kappa shape index (κ2) is 9.52. The van der Waals surface area contributed by atoms with E-state index >= 15 is 0 Å². The summed E-state index contributed by atoms with van der Waals surface area (Å²) in [4.78, 5) is 36.3. The van der Waals surface area contributed by atoms with E-state index in [9.17, 15) is 14.4 Å². The maximum Gasteiger partial charge on any atom is 0.308 e. The average Bonchev–Trinajstić information content (AvgIpc) is 2.74. The normalized spacial score (nSPS) is 11.5. The van der Waals surface area contributed by atoms with E-state index in [4.69, 9.17) is 10.5 Å². The third kappa shape index (κ3) is 5.11. The van der Waals surface area contributed by atoms with Crippen LogP contribution in [0.1, 0.15) is 34.3 Å². The molecule has 3 aromatic rings. The molecule has 2 amide bonds. The van der Waals surface area contributed by atoms with Crippen molar-refractivity contribution < 1.29 is 19.1 Å². The number of hydrogen-bond donors (Lipinski definition) is 2. The summed E-state index contributed by atoms with van der Waals surface area (Å²) in [5.41, 5.74) is 7.74. The molecule has 3 N–H and O–H groups in total. The summed E-state index contributed by atoms with van der Waals surface area (Å²) in [5.74, 6) is -1.66. The summed E-state index contributed by atoms with van der Waals surface area (Å²) in [5, 5.41) is 2.77. The van der Waals surface area contributed by atoms with Crippen LogP contribution in [0.2, 0.25) is 0 Å². The number of carbonyl (C=O) groups is 3. The first-order valence-corrected chi connectivity index (χ1v) is 9.44. The topological polar surface area (TPSA) is 98.5 Å². The highest BCUT2D eigenvalue weighted by Gasteiger charge is 2.31. The number of primary amides is 1. The van der Waals surface area contributed by atoms with Gasteiger partial charge in [0.15, 0.2) is 0 Å². The van der Waals surface area contributed by atoms with Crippen molar-refractivity contribution in [1.29, 1.82) is 0 Å². The Balaban J connectivity index is 1.90. The van der Waals surface area contributed by atoms with E-state index in [1.54, 1.807) is 0 Å². The summed E-state index contributed by atoms with van der Waals surface area (Å²) in [6.07, 6.45) is 0. The number of nitrogens with one attached hydrogen (secondary N) is 1. The fraction of sp³-hybridized carbons (Fsp3) is 0.125. The van der Waals surface area contributed by atoms with E-state index < -0.39 is 29.7 Å². The van der Waals surface area contributed by atoms with Crippen LogP contribution in [0.3, 0.4) is 0 Å². The fourth-order valence-electron chi connectivity index (χ4n) is 3.28. The van der Waals surface area contributed by atoms with Crippen LogP contribution in [0.4, 0.5) is 0 Å². The van der Waals surface area contributed by atoms with Crippen LogP contribution in [0.25, 0.3) is 0 Å². The molecular weight excluding hydrogens is 380 g/mol. The summed E-state index contributed by atoms with van der Waals surface area (Å²) >= 11 is 0. The second-order valence-corrected chi connectivity index (χ2v) is 6.77. The smallest absolute Gasteiger partial charge is 0.308 e. The Hall–Kier alpha value is -3.93. The van der Waals surface area contributed by atoms with Gasteiger partial charge < -0.3 is 15.8 Å². The molecule has 0 aliphatic rings. The fourth-order valence-corrected chi connectivity index (χ4v) is 3.28. The zero-order valence-corrected chi connectivity index (χ0v) is 16.4. The molecule has 6 nitrogen and oxygen atoms in total. The van der Waals surface area contributed by atoms with Crippen LogP contribution < -0.4 is 15.8 Å². The number of nitrogens with two attached hydrogens (primary N) is 1. The van der Waals surface area contributed by atoms with Gasteiger partial charge in [-0.2, -0.15) is 0 Å². The lowest BCUT2D eigenvalue weighted by molar-refractivity contribution is -0.131. The van der Waals surface area contributed by atoms with Gasteiger partial charge in [-0.05, 0) is 35.4 Å². The van der Waals surface area contributed by atoms with Gasteiger partial charge in [0.2, 0.25) is 5.91 Å². The first-order chi connectivity index (χ1) is 14.5. The predicted molar refractivity (Wildman–Crippen MR) is 113 cm³/mol. The first kappa shape index (κ1) is 20.8. The lowest BCUT2D eigenvalue weighted by Crippen LogP contribution is -2.48. The highest BCUT2D eigenvalue weighted by atomic mass is 16.5. The zero-order chi connectivity index (χ0) is 21.5. The summed E-state index contributed by atoms with van der Waals surface area (Å²) in [6.45, 7) is 1.30. The van der Waals surface area contributed by atoms with Crippen LogP contribution in [-0.2, 0) is 9.59 Å². The standard InChI is InChI=1S/C24H22N2O4/c1-16(27)30-20-14-12-19(13-15-20)24(29)26-22(23(25)28)21(17-8-4-2-5-9-17)18-10-6-3-7-11-18/h2-15,21-22H,1H3,(H2,25,28)(H,26,29)/t22-/m1/s1. The molecule has 0 saturated carbocycles. The number of hydrogen-bond acceptors (Lipinski definition) is 4. The quantitative estimate of drug-likeness (QED) is 0.469. The number of ether oxygens (including phenoxy) is 1. The number of amides is 2. The average molecular weight is 402 g/mol. The molecule has 152 valence electrons. The Kier molecular flexibility index (Phi) is 6.60. The number of rotatable bonds is 7. The Morgan fingerprint density at radius 3 is 1.73 bits per heavy atom. The number of benzene rings is 3. The monoisotopic (exact) mass is 402 g/mol. The summed E-state index contributed by atoms with van der Waals surface area (Å²) in [6, 6.07) is 24.0. The first-order valence-electron chi connectivity index (χ1n) is 9.44. The number of esters is 1. The van der Waals surface area contributed by atoms with Gasteiger partial charge in [-0.1, -0.05) is 60.7 Å². The van der Waals surface area contributed by atoms with Crippen molar-refractivity contribution in [2.75, 3.05) is 0 Å². The van der Waals surface area contributed by atoms with Crippen LogP contribution in [0.15, 0.2) is 84.9 Å². The van der Waals surface area contributed by atoms with Crippen LogP contribution in [0, 0.1) is 0 Å². The number of carbonyl (C=O) groups excluding carboxylic acids is 3.